The number of carbonyl (C=O) groups excluding carboxylic acids is 2. The zero-order valence-corrected chi connectivity index (χ0v) is 13.0. The topological polar surface area (TPSA) is 110 Å². The van der Waals surface area contributed by atoms with Crippen LogP contribution >= 0.6 is 16.1 Å². The molecule has 1 rings (SSSR count). The van der Waals surface area contributed by atoms with E-state index in [2.05, 4.69) is 26.4 Å². The maximum absolute atomic E-state index is 11.8. The summed E-state index contributed by atoms with van der Waals surface area (Å²) >= 11 is 2.88. The zero-order valence-electron chi connectivity index (χ0n) is 11.4. The molecule has 20 heavy (non-hydrogen) atoms. The zero-order chi connectivity index (χ0) is 15.6. The van der Waals surface area contributed by atoms with Crippen LogP contribution in [0.3, 0.4) is 0 Å². The van der Waals surface area contributed by atoms with Gasteiger partial charge < -0.3 is 0 Å². The van der Waals surface area contributed by atoms with Gasteiger partial charge in [-0.15, -0.1) is 0 Å². The molecule has 0 aliphatic carbocycles. The first-order chi connectivity index (χ1) is 9.14. The van der Waals surface area contributed by atoms with Gasteiger partial charge in [-0.05, 0) is 27.2 Å². The number of nitriles is 2. The quantitative estimate of drug-likeness (QED) is 0.443. The standard InChI is InChI=1S/C12H14BrN5O2/c1-11(2,6-14)16-17-12(3,7-15)5-8-4-9(19)18(13)10(8)20/h8H,4-5H2,1-3H3. The molecule has 1 fully saturated rings. The second kappa shape index (κ2) is 5.68. The summed E-state index contributed by atoms with van der Waals surface area (Å²) in [6, 6.07) is 3.93. The molecule has 106 valence electrons. The van der Waals surface area contributed by atoms with E-state index in [1.54, 1.807) is 13.8 Å². The molecule has 0 bridgehead atoms. The van der Waals surface area contributed by atoms with Gasteiger partial charge in [-0.25, -0.2) is 3.93 Å². The Hall–Kier alpha value is -1.80. The number of nitrogens with zero attached hydrogens (tertiary/aromatic N) is 5. The molecule has 0 aromatic rings. The van der Waals surface area contributed by atoms with Crippen molar-refractivity contribution >= 4 is 28.0 Å². The maximum Gasteiger partial charge on any atom is 0.243 e. The summed E-state index contributed by atoms with van der Waals surface area (Å²) in [4.78, 5) is 23.2. The first kappa shape index (κ1) is 16.3. The van der Waals surface area contributed by atoms with Gasteiger partial charge in [-0.1, -0.05) is 0 Å². The fraction of sp³-hybridized carbons (Fsp3) is 0.667. The number of rotatable bonds is 4. The SMILES string of the molecule is CC(C)(C#N)N=NC(C)(C#N)CC1CC(=O)N(Br)C1=O. The van der Waals surface area contributed by atoms with E-state index >= 15 is 0 Å². The highest BCUT2D eigenvalue weighted by Gasteiger charge is 2.42. The van der Waals surface area contributed by atoms with Crippen LogP contribution in [0, 0.1) is 28.6 Å². The van der Waals surface area contributed by atoms with Gasteiger partial charge in [0, 0.05) is 6.42 Å². The fourth-order valence-corrected chi connectivity index (χ4v) is 2.10. The molecular formula is C12H14BrN5O2. The molecule has 1 aliphatic heterocycles. The number of hydrogen-bond donors (Lipinski definition) is 0. The van der Waals surface area contributed by atoms with Gasteiger partial charge in [-0.2, -0.15) is 20.8 Å². The number of imide groups is 1. The van der Waals surface area contributed by atoms with Crippen molar-refractivity contribution in [3.8, 4) is 12.1 Å². The van der Waals surface area contributed by atoms with Crippen molar-refractivity contribution in [1.82, 2.24) is 3.93 Å². The van der Waals surface area contributed by atoms with Crippen LogP contribution in [0.15, 0.2) is 10.2 Å². The molecular weight excluding hydrogens is 326 g/mol. The van der Waals surface area contributed by atoms with Gasteiger partial charge in [0.1, 0.15) is 0 Å². The lowest BCUT2D eigenvalue weighted by Gasteiger charge is -2.19. The van der Waals surface area contributed by atoms with E-state index in [1.165, 1.54) is 6.92 Å². The monoisotopic (exact) mass is 339 g/mol. The predicted molar refractivity (Wildman–Crippen MR) is 72.1 cm³/mol. The van der Waals surface area contributed by atoms with Crippen LogP contribution in [0.4, 0.5) is 0 Å². The molecule has 1 saturated heterocycles. The Kier molecular flexibility index (Phi) is 4.61. The minimum atomic E-state index is -1.24. The van der Waals surface area contributed by atoms with Gasteiger partial charge in [0.25, 0.3) is 0 Å². The average Bonchev–Trinajstić information content (AvgIpc) is 2.64. The molecule has 2 unspecified atom stereocenters. The van der Waals surface area contributed by atoms with Crippen LogP contribution in [0.5, 0.6) is 0 Å². The van der Waals surface area contributed by atoms with Crippen LogP contribution in [0.25, 0.3) is 0 Å². The summed E-state index contributed by atoms with van der Waals surface area (Å²) in [6.45, 7) is 4.66. The lowest BCUT2D eigenvalue weighted by Crippen LogP contribution is -2.28. The van der Waals surface area contributed by atoms with Gasteiger partial charge in [0.15, 0.2) is 11.1 Å². The number of hydrogen-bond acceptors (Lipinski definition) is 6. The number of amides is 2. The van der Waals surface area contributed by atoms with Crippen molar-refractivity contribution in [2.75, 3.05) is 0 Å². The third-order valence-corrected chi connectivity index (χ3v) is 3.61. The fourth-order valence-electron chi connectivity index (χ4n) is 1.67. The highest BCUT2D eigenvalue weighted by Crippen LogP contribution is 2.31. The van der Waals surface area contributed by atoms with Crippen LogP contribution in [-0.2, 0) is 9.59 Å². The van der Waals surface area contributed by atoms with Gasteiger partial charge in [0.05, 0.1) is 34.2 Å². The maximum atomic E-state index is 11.8. The first-order valence-electron chi connectivity index (χ1n) is 5.93. The van der Waals surface area contributed by atoms with E-state index in [0.717, 1.165) is 3.93 Å². The predicted octanol–water partition coefficient (Wildman–Crippen LogP) is 2.10. The van der Waals surface area contributed by atoms with E-state index in [-0.39, 0.29) is 24.7 Å². The van der Waals surface area contributed by atoms with E-state index in [0.29, 0.717) is 0 Å². The average molecular weight is 340 g/mol. The molecule has 0 aromatic heterocycles. The minimum absolute atomic E-state index is 0.0402. The second-order valence-electron chi connectivity index (χ2n) is 5.37. The summed E-state index contributed by atoms with van der Waals surface area (Å²) in [5.74, 6) is -1.32. The summed E-state index contributed by atoms with van der Waals surface area (Å²) in [7, 11) is 0. The van der Waals surface area contributed by atoms with Crippen molar-refractivity contribution in [3.63, 3.8) is 0 Å². The van der Waals surface area contributed by atoms with Crippen molar-refractivity contribution < 1.29 is 9.59 Å². The number of carbonyl (C=O) groups is 2. The van der Waals surface area contributed by atoms with Crippen LogP contribution < -0.4 is 0 Å². The summed E-state index contributed by atoms with van der Waals surface area (Å²) in [6.07, 6.45) is 0.125. The van der Waals surface area contributed by atoms with E-state index < -0.39 is 17.0 Å². The van der Waals surface area contributed by atoms with E-state index in [9.17, 15) is 14.9 Å². The molecule has 0 N–H and O–H groups in total. The van der Waals surface area contributed by atoms with Crippen molar-refractivity contribution in [1.29, 1.82) is 10.5 Å². The molecule has 0 saturated carbocycles. The lowest BCUT2D eigenvalue weighted by molar-refractivity contribution is -0.132. The normalized spacial score (nSPS) is 22.7. The van der Waals surface area contributed by atoms with Crippen molar-refractivity contribution in [2.24, 2.45) is 16.1 Å². The number of halogens is 1. The van der Waals surface area contributed by atoms with E-state index in [4.69, 9.17) is 5.26 Å². The Bertz CT molecular complexity index is 545. The second-order valence-corrected chi connectivity index (χ2v) is 6.08. The molecule has 0 spiro atoms. The summed E-state index contributed by atoms with van der Waals surface area (Å²) in [5, 5.41) is 25.8. The van der Waals surface area contributed by atoms with Gasteiger partial charge >= 0.3 is 0 Å². The van der Waals surface area contributed by atoms with Crippen molar-refractivity contribution in [2.45, 2.75) is 44.7 Å². The van der Waals surface area contributed by atoms with E-state index in [1.807, 2.05) is 12.1 Å². The van der Waals surface area contributed by atoms with Gasteiger partial charge in [0.2, 0.25) is 11.8 Å². The molecule has 2 atom stereocenters. The molecule has 2 amide bonds. The Balaban J connectivity index is 2.88. The molecule has 8 heteroatoms. The smallest absolute Gasteiger partial charge is 0.243 e. The van der Waals surface area contributed by atoms with Crippen molar-refractivity contribution in [3.05, 3.63) is 0 Å². The molecule has 7 nitrogen and oxygen atoms in total. The van der Waals surface area contributed by atoms with Crippen LogP contribution in [0.2, 0.25) is 0 Å². The Morgan fingerprint density at radius 2 is 1.90 bits per heavy atom. The highest BCUT2D eigenvalue weighted by molar-refractivity contribution is 9.08. The summed E-state index contributed by atoms with van der Waals surface area (Å²) in [5.41, 5.74) is -2.28. The Labute approximate surface area is 125 Å². The molecule has 1 aliphatic rings. The molecule has 0 radical (unpaired) electrons. The highest BCUT2D eigenvalue weighted by atomic mass is 79.9. The third kappa shape index (κ3) is 3.61. The van der Waals surface area contributed by atoms with Crippen LogP contribution in [-0.4, -0.2) is 26.8 Å². The lowest BCUT2D eigenvalue weighted by atomic mass is 9.90. The Morgan fingerprint density at radius 3 is 2.30 bits per heavy atom. The first-order valence-corrected chi connectivity index (χ1v) is 6.64. The summed E-state index contributed by atoms with van der Waals surface area (Å²) < 4.78 is 0.881. The molecule has 0 aromatic carbocycles. The Morgan fingerprint density at radius 1 is 1.30 bits per heavy atom. The number of azo groups is 1. The third-order valence-electron chi connectivity index (χ3n) is 2.86. The molecule has 1 heterocycles. The van der Waals surface area contributed by atoms with Gasteiger partial charge in [-0.3, -0.25) is 9.59 Å². The van der Waals surface area contributed by atoms with Crippen LogP contribution in [0.1, 0.15) is 33.6 Å². The minimum Gasteiger partial charge on any atom is -0.273 e. The largest absolute Gasteiger partial charge is 0.273 e.